The van der Waals surface area contributed by atoms with Crippen LogP contribution in [-0.4, -0.2) is 37.6 Å². The van der Waals surface area contributed by atoms with Crippen LogP contribution < -0.4 is 4.74 Å². The smallest absolute Gasteiger partial charge is 0.349 e. The van der Waals surface area contributed by atoms with Crippen molar-refractivity contribution in [2.45, 2.75) is 26.7 Å². The molecule has 0 aliphatic rings. The van der Waals surface area contributed by atoms with E-state index in [-0.39, 0.29) is 34.7 Å². The molecule has 1 N–H and O–H groups in total. The van der Waals surface area contributed by atoms with Crippen molar-refractivity contribution in [2.24, 2.45) is 0 Å². The molecule has 1 aromatic rings. The summed E-state index contributed by atoms with van der Waals surface area (Å²) in [4.78, 5) is 12.1. The molecule has 0 atom stereocenters. The Labute approximate surface area is 117 Å². The lowest BCUT2D eigenvalue weighted by Gasteiger charge is -2.05. The highest BCUT2D eigenvalue weighted by molar-refractivity contribution is 7.91. The molecule has 108 valence electrons. The van der Waals surface area contributed by atoms with Crippen LogP contribution in [0.2, 0.25) is 0 Å². The maximum atomic E-state index is 11.3. The Morgan fingerprint density at radius 2 is 2.11 bits per heavy atom. The molecular formula is C12H18O5S2. The largest absolute Gasteiger partial charge is 0.491 e. The first kappa shape index (κ1) is 16.0. The van der Waals surface area contributed by atoms with Crippen molar-refractivity contribution in [3.8, 4) is 5.75 Å². The minimum absolute atomic E-state index is 0.0231. The first-order chi connectivity index (χ1) is 8.76. The number of ether oxygens (including phenoxy) is 1. The van der Waals surface area contributed by atoms with Crippen LogP contribution in [0.15, 0.2) is 6.07 Å². The van der Waals surface area contributed by atoms with Crippen molar-refractivity contribution < 1.29 is 23.1 Å². The monoisotopic (exact) mass is 306 g/mol. The lowest BCUT2D eigenvalue weighted by atomic mass is 10.2. The summed E-state index contributed by atoms with van der Waals surface area (Å²) in [5, 5.41) is 9.08. The summed E-state index contributed by atoms with van der Waals surface area (Å²) in [6, 6.07) is 1.68. The van der Waals surface area contributed by atoms with Crippen molar-refractivity contribution in [3.05, 3.63) is 15.8 Å². The predicted octanol–water partition coefficient (Wildman–Crippen LogP) is 2.38. The molecule has 0 unspecified atom stereocenters. The topological polar surface area (TPSA) is 80.7 Å². The van der Waals surface area contributed by atoms with Gasteiger partial charge in [-0.1, -0.05) is 20.8 Å². The molecule has 0 saturated carbocycles. The van der Waals surface area contributed by atoms with Crippen LogP contribution in [0.4, 0.5) is 0 Å². The molecule has 0 bridgehead atoms. The second-order valence-electron chi connectivity index (χ2n) is 4.39. The van der Waals surface area contributed by atoms with Gasteiger partial charge in [0.15, 0.2) is 14.7 Å². The fourth-order valence-electron chi connectivity index (χ4n) is 1.36. The van der Waals surface area contributed by atoms with Crippen molar-refractivity contribution >= 4 is 27.1 Å². The van der Waals surface area contributed by atoms with Crippen LogP contribution >= 0.6 is 11.3 Å². The predicted molar refractivity (Wildman–Crippen MR) is 75.2 cm³/mol. The van der Waals surface area contributed by atoms with E-state index in [2.05, 4.69) is 0 Å². The average Bonchev–Trinajstić information content (AvgIpc) is 2.73. The molecule has 1 aromatic heterocycles. The van der Waals surface area contributed by atoms with Gasteiger partial charge in [-0.25, -0.2) is 13.2 Å². The standard InChI is InChI=1S/C12H18O5S2/c1-4-19(15,16)6-5-17-9-7-10(8(2)3)18-11(9)12(13)14/h7-8H,4-6H2,1-3H3,(H,13,14). The third-order valence-electron chi connectivity index (χ3n) is 2.57. The van der Waals surface area contributed by atoms with Crippen molar-refractivity contribution in [3.63, 3.8) is 0 Å². The molecule has 5 nitrogen and oxygen atoms in total. The molecule has 19 heavy (non-hydrogen) atoms. The van der Waals surface area contributed by atoms with Gasteiger partial charge in [-0.2, -0.15) is 0 Å². The van der Waals surface area contributed by atoms with Crippen LogP contribution in [0.25, 0.3) is 0 Å². The minimum Gasteiger partial charge on any atom is -0.491 e. The molecule has 0 spiro atoms. The lowest BCUT2D eigenvalue weighted by molar-refractivity contribution is 0.0698. The number of rotatable bonds is 7. The molecule has 0 fully saturated rings. The summed E-state index contributed by atoms with van der Waals surface area (Å²) in [7, 11) is -3.10. The Bertz CT molecular complexity index is 542. The molecule has 7 heteroatoms. The van der Waals surface area contributed by atoms with Crippen molar-refractivity contribution in [1.29, 1.82) is 0 Å². The first-order valence-electron chi connectivity index (χ1n) is 5.97. The summed E-state index contributed by atoms with van der Waals surface area (Å²) in [5.41, 5.74) is 0. The molecule has 1 rings (SSSR count). The fraction of sp³-hybridized carbons (Fsp3) is 0.583. The zero-order valence-corrected chi connectivity index (χ0v) is 12.8. The van der Waals surface area contributed by atoms with Gasteiger partial charge in [0, 0.05) is 10.6 Å². The minimum atomic E-state index is -3.10. The van der Waals surface area contributed by atoms with Gasteiger partial charge < -0.3 is 9.84 Å². The van der Waals surface area contributed by atoms with Gasteiger partial charge in [0.25, 0.3) is 0 Å². The summed E-state index contributed by atoms with van der Waals surface area (Å²) in [5.74, 6) is -0.629. The number of aromatic carboxylic acids is 1. The number of hydrogen-bond acceptors (Lipinski definition) is 5. The van der Waals surface area contributed by atoms with Crippen LogP contribution in [0, 0.1) is 0 Å². The Morgan fingerprint density at radius 3 is 2.58 bits per heavy atom. The van der Waals surface area contributed by atoms with E-state index in [9.17, 15) is 13.2 Å². The first-order valence-corrected chi connectivity index (χ1v) is 8.61. The number of carbonyl (C=O) groups is 1. The molecule has 0 aliphatic heterocycles. The van der Waals surface area contributed by atoms with E-state index < -0.39 is 15.8 Å². The maximum Gasteiger partial charge on any atom is 0.349 e. The summed E-state index contributed by atoms with van der Waals surface area (Å²) in [6.07, 6.45) is 0. The molecule has 0 saturated heterocycles. The zero-order valence-electron chi connectivity index (χ0n) is 11.2. The van der Waals surface area contributed by atoms with E-state index in [1.165, 1.54) is 11.3 Å². The molecular weight excluding hydrogens is 288 g/mol. The van der Waals surface area contributed by atoms with Gasteiger partial charge >= 0.3 is 5.97 Å². The molecule has 0 amide bonds. The molecule has 0 aliphatic carbocycles. The van der Waals surface area contributed by atoms with Crippen LogP contribution in [0.5, 0.6) is 5.75 Å². The second-order valence-corrected chi connectivity index (χ2v) is 7.94. The van der Waals surface area contributed by atoms with Gasteiger partial charge in [-0.05, 0) is 12.0 Å². The SMILES string of the molecule is CCS(=O)(=O)CCOc1cc(C(C)C)sc1C(=O)O. The zero-order chi connectivity index (χ0) is 14.6. The lowest BCUT2D eigenvalue weighted by Crippen LogP contribution is -2.16. The Balaban J connectivity index is 2.80. The number of carboxylic acids is 1. The third-order valence-corrected chi connectivity index (χ3v) is 5.65. The van der Waals surface area contributed by atoms with Gasteiger partial charge in [0.1, 0.15) is 12.4 Å². The summed E-state index contributed by atoms with van der Waals surface area (Å²) in [6.45, 7) is 5.47. The number of sulfone groups is 1. The molecule has 0 radical (unpaired) electrons. The fourth-order valence-corrected chi connectivity index (χ4v) is 2.93. The molecule has 1 heterocycles. The second kappa shape index (κ2) is 6.38. The number of hydrogen-bond donors (Lipinski definition) is 1. The van der Waals surface area contributed by atoms with Gasteiger partial charge in [0.05, 0.1) is 5.75 Å². The Morgan fingerprint density at radius 1 is 1.47 bits per heavy atom. The highest BCUT2D eigenvalue weighted by Crippen LogP contribution is 2.33. The van der Waals surface area contributed by atoms with E-state index in [0.717, 1.165) is 4.88 Å². The average molecular weight is 306 g/mol. The molecule has 0 aromatic carbocycles. The highest BCUT2D eigenvalue weighted by atomic mass is 32.2. The van der Waals surface area contributed by atoms with E-state index >= 15 is 0 Å². The van der Waals surface area contributed by atoms with Gasteiger partial charge in [0.2, 0.25) is 0 Å². The van der Waals surface area contributed by atoms with Gasteiger partial charge in [-0.15, -0.1) is 11.3 Å². The van der Waals surface area contributed by atoms with Crippen molar-refractivity contribution in [2.75, 3.05) is 18.1 Å². The highest BCUT2D eigenvalue weighted by Gasteiger charge is 2.19. The van der Waals surface area contributed by atoms with E-state index in [0.29, 0.717) is 0 Å². The normalized spacial score (nSPS) is 11.8. The maximum absolute atomic E-state index is 11.3. The number of carboxylic acid groups (broad SMARTS) is 1. The van der Waals surface area contributed by atoms with E-state index in [1.807, 2.05) is 13.8 Å². The number of thiophene rings is 1. The summed E-state index contributed by atoms with van der Waals surface area (Å²) >= 11 is 1.17. The van der Waals surface area contributed by atoms with E-state index in [1.54, 1.807) is 13.0 Å². The third kappa shape index (κ3) is 4.50. The Hall–Kier alpha value is -1.08. The quantitative estimate of drug-likeness (QED) is 0.836. The van der Waals surface area contributed by atoms with Gasteiger partial charge in [-0.3, -0.25) is 0 Å². The van der Waals surface area contributed by atoms with E-state index in [4.69, 9.17) is 9.84 Å². The van der Waals surface area contributed by atoms with Crippen LogP contribution in [0.3, 0.4) is 0 Å². The van der Waals surface area contributed by atoms with Crippen LogP contribution in [0.1, 0.15) is 41.2 Å². The Kier molecular flexibility index (Phi) is 5.37. The summed E-state index contributed by atoms with van der Waals surface area (Å²) < 4.78 is 28.0. The van der Waals surface area contributed by atoms with Crippen molar-refractivity contribution in [1.82, 2.24) is 0 Å². The van der Waals surface area contributed by atoms with Crippen LogP contribution in [-0.2, 0) is 9.84 Å².